The van der Waals surface area contributed by atoms with E-state index >= 15 is 0 Å². The molecule has 0 spiro atoms. The molecule has 3 atom stereocenters. The molecular weight excluding hydrogens is 167 g/mol. The van der Waals surface area contributed by atoms with Gasteiger partial charge >= 0.3 is 5.97 Å². The zero-order valence-electron chi connectivity index (χ0n) is 16.8. The van der Waals surface area contributed by atoms with Crippen LogP contribution in [0.2, 0.25) is 0 Å². The van der Waals surface area contributed by atoms with Crippen LogP contribution in [-0.4, -0.2) is 53.3 Å². The summed E-state index contributed by atoms with van der Waals surface area (Å²) in [7, 11) is 0. The summed E-state index contributed by atoms with van der Waals surface area (Å²) >= 11 is 0. The van der Waals surface area contributed by atoms with Crippen LogP contribution in [-0.2, 0) is 4.79 Å². The molecule has 1 saturated carbocycles. The quantitative estimate of drug-likeness (QED) is 0.624. The fraction of sp³-hybridized carbons (Fsp3) is 0.875. The molecule has 2 N–H and O–H groups in total. The SMILES string of the molecule is [2H]OC(=O)C1([2H])C(C)C([2H])([2H])C([2H])(O[2H])C([2H])([2H])C1([2H])[2H].[Na]. The minimum atomic E-state index is -3.55. The summed E-state index contributed by atoms with van der Waals surface area (Å²) in [4.78, 5) is 11.7. The van der Waals surface area contributed by atoms with Gasteiger partial charge < -0.3 is 10.2 Å². The van der Waals surface area contributed by atoms with Gasteiger partial charge in [-0.1, -0.05) is 6.92 Å². The minimum Gasteiger partial charge on any atom is -0.481 e. The van der Waals surface area contributed by atoms with Gasteiger partial charge in [-0.05, 0) is 25.0 Å². The molecule has 1 fully saturated rings. The Balaban J connectivity index is 0.00000441. The Kier molecular flexibility index (Phi) is 1.54. The third kappa shape index (κ3) is 3.05. The van der Waals surface area contributed by atoms with Crippen LogP contribution in [0.25, 0.3) is 1.43 Å². The van der Waals surface area contributed by atoms with E-state index in [1.54, 1.807) is 0 Å². The molecule has 1 aliphatic rings. The number of rotatable bonds is 2. The number of carboxylic acid groups (broad SMARTS) is 1. The van der Waals surface area contributed by atoms with Crippen LogP contribution in [0.4, 0.5) is 0 Å². The van der Waals surface area contributed by atoms with Crippen molar-refractivity contribution in [2.24, 2.45) is 11.8 Å². The van der Waals surface area contributed by atoms with Gasteiger partial charge in [0, 0.05) is 39.2 Å². The first-order chi connectivity index (χ1) is 9.20. The van der Waals surface area contributed by atoms with Crippen LogP contribution in [0.5, 0.6) is 0 Å². The van der Waals surface area contributed by atoms with Crippen molar-refractivity contribution in [1.82, 2.24) is 0 Å². The number of carbonyl (C=O) groups is 1. The van der Waals surface area contributed by atoms with E-state index in [9.17, 15) is 4.79 Å². The monoisotopic (exact) mass is 191 g/mol. The number of hydrogen-bond acceptors (Lipinski definition) is 3. The van der Waals surface area contributed by atoms with Crippen molar-refractivity contribution in [3.8, 4) is 0 Å². The van der Waals surface area contributed by atoms with Crippen LogP contribution in [0.15, 0.2) is 0 Å². The van der Waals surface area contributed by atoms with E-state index in [0.29, 0.717) is 0 Å². The predicted octanol–water partition coefficient (Wildman–Crippen LogP) is 0.487. The Labute approximate surface area is 109 Å². The van der Waals surface area contributed by atoms with Crippen molar-refractivity contribution in [3.05, 3.63) is 0 Å². The number of carboxylic acids is 1. The first kappa shape index (κ1) is 3.54. The summed E-state index contributed by atoms with van der Waals surface area (Å²) in [6.07, 6.45) is -13.4. The van der Waals surface area contributed by atoms with E-state index in [4.69, 9.17) is 13.8 Å². The summed E-state index contributed by atoms with van der Waals surface area (Å²) in [5, 5.41) is 7.45. The number of hydrogen-bond donors (Lipinski definition) is 2. The largest absolute Gasteiger partial charge is 0.481 e. The average Bonchev–Trinajstić information content (AvgIpc) is 2.41. The van der Waals surface area contributed by atoms with Gasteiger partial charge in [0.05, 0.1) is 13.3 Å². The fourth-order valence-corrected chi connectivity index (χ4v) is 0.765. The zero-order chi connectivity index (χ0) is 17.1. The summed E-state index contributed by atoms with van der Waals surface area (Å²) < 4.78 is 75.5. The molecule has 12 heavy (non-hydrogen) atoms. The van der Waals surface area contributed by atoms with Crippen LogP contribution in [0.3, 0.4) is 0 Å². The summed E-state index contributed by atoms with van der Waals surface area (Å²) in [5.41, 5.74) is 0. The molecule has 3 unspecified atom stereocenters. The maximum Gasteiger partial charge on any atom is 0.306 e. The van der Waals surface area contributed by atoms with E-state index in [-0.39, 0.29) is 29.6 Å². The minimum absolute atomic E-state index is 0. The van der Waals surface area contributed by atoms with Crippen molar-refractivity contribution in [1.29, 1.82) is 2.86 Å². The predicted molar refractivity (Wildman–Crippen MR) is 45.9 cm³/mol. The van der Waals surface area contributed by atoms with Crippen LogP contribution >= 0.6 is 0 Å². The molecule has 3 nitrogen and oxygen atoms in total. The molecule has 0 bridgehead atoms. The molecule has 0 amide bonds. The molecule has 0 aliphatic heterocycles. The molecule has 1 rings (SSSR count). The van der Waals surface area contributed by atoms with Crippen LogP contribution in [0.1, 0.15) is 37.0 Å². The molecule has 65 valence electrons. The molecule has 4 heteroatoms. The second-order valence-electron chi connectivity index (χ2n) is 2.15. The van der Waals surface area contributed by atoms with E-state index in [1.807, 2.05) is 0 Å². The molecule has 1 aliphatic carbocycles. The molecule has 0 aromatic rings. The standard InChI is InChI=1S/C8H14O3.Na/c1-5-4-6(9)2-3-7(5)8(10)11;/h5-7,9H,2-4H2,1H3,(H,10,11);/i2D2,3D2,4D2,6D,7D,9D;/hD. The average molecular weight is 191 g/mol. The Morgan fingerprint density at radius 1 is 1.75 bits per heavy atom. The van der Waals surface area contributed by atoms with Gasteiger partial charge in [-0.2, -0.15) is 0 Å². The molecule has 0 aromatic heterocycles. The van der Waals surface area contributed by atoms with Crippen LogP contribution < -0.4 is 0 Å². The topological polar surface area (TPSA) is 57.5 Å². The maximum absolute atomic E-state index is 11.7. The second kappa shape index (κ2) is 5.22. The van der Waals surface area contributed by atoms with Gasteiger partial charge in [-0.15, -0.1) is 0 Å². The third-order valence-electron chi connectivity index (χ3n) is 1.31. The smallest absolute Gasteiger partial charge is 0.306 e. The van der Waals surface area contributed by atoms with Gasteiger partial charge in [0.2, 0.25) is 1.43 Å². The van der Waals surface area contributed by atoms with Crippen molar-refractivity contribution in [2.45, 2.75) is 32.1 Å². The van der Waals surface area contributed by atoms with E-state index in [0.717, 1.165) is 6.92 Å². The summed E-state index contributed by atoms with van der Waals surface area (Å²) in [5.74, 6) is -6.85. The van der Waals surface area contributed by atoms with Crippen molar-refractivity contribution < 1.29 is 26.0 Å². The fourth-order valence-electron chi connectivity index (χ4n) is 0.765. The molecule has 1 radical (unpaired) electrons. The van der Waals surface area contributed by atoms with Crippen molar-refractivity contribution in [2.75, 3.05) is 0 Å². The Bertz CT molecular complexity index is 459. The Morgan fingerprint density at radius 3 is 3.08 bits per heavy atom. The first-order valence-corrected chi connectivity index (χ1v) is 3.02. The second-order valence-corrected chi connectivity index (χ2v) is 2.15. The number of aliphatic hydroxyl groups is 1. The molecule has 0 heterocycles. The van der Waals surface area contributed by atoms with Crippen LogP contribution in [0, 0.1) is 11.8 Å². The molecular formula is C8H14NaO3. The Morgan fingerprint density at radius 2 is 2.50 bits per heavy atom. The Hall–Kier alpha value is 0.430. The normalized spacial score (nSPS) is 71.9. The summed E-state index contributed by atoms with van der Waals surface area (Å²) in [6, 6.07) is 0. The van der Waals surface area contributed by atoms with E-state index in [2.05, 4.69) is 10.2 Å². The third-order valence-corrected chi connectivity index (χ3v) is 1.31. The maximum atomic E-state index is 11.7. The summed E-state index contributed by atoms with van der Waals surface area (Å²) in [6.45, 7) is 0.902. The van der Waals surface area contributed by atoms with Gasteiger partial charge in [0.25, 0.3) is 1.43 Å². The molecule has 0 saturated heterocycles. The zero-order valence-corrected chi connectivity index (χ0v) is 8.80. The van der Waals surface area contributed by atoms with Gasteiger partial charge in [-0.3, -0.25) is 4.79 Å². The van der Waals surface area contributed by atoms with Gasteiger partial charge in [-0.25, -0.2) is 0 Å². The molecule has 0 aromatic carbocycles. The van der Waals surface area contributed by atoms with Gasteiger partial charge in [0.15, 0.2) is 0 Å². The van der Waals surface area contributed by atoms with Gasteiger partial charge in [0.1, 0.15) is 0 Å². The first-order valence-electron chi connectivity index (χ1n) is 7.83. The van der Waals surface area contributed by atoms with Crippen molar-refractivity contribution >= 4 is 35.5 Å². The van der Waals surface area contributed by atoms with E-state index in [1.165, 1.54) is 0 Å². The van der Waals surface area contributed by atoms with Crippen molar-refractivity contribution in [3.63, 3.8) is 0 Å². The number of aliphatic carboxylic acids is 1. The van der Waals surface area contributed by atoms with E-state index < -0.39 is 43.0 Å².